The van der Waals surface area contributed by atoms with Crippen LogP contribution in [0.2, 0.25) is 0 Å². The number of rotatable bonds is 5. The third-order valence-corrected chi connectivity index (χ3v) is 7.58. The highest BCUT2D eigenvalue weighted by molar-refractivity contribution is 5.99. The van der Waals surface area contributed by atoms with Crippen LogP contribution in [0, 0.1) is 12.8 Å². The standard InChI is InChI=1S/C28H33N5O2/c1-18-4-3-5-26(31-18)35-27-23(21-16-30-32(17-21)22-12-14-29-15-13-22)10-11-25-24(27)9-6-19(2)33(25)28(34)20-7-8-20/h3-5,10-11,16-17,19-20,22,29H,6-9,12-15H2,1-2H3. The number of ether oxygens (including phenoxy) is 1. The minimum absolute atomic E-state index is 0.175. The van der Waals surface area contributed by atoms with Crippen LogP contribution >= 0.6 is 0 Å². The molecule has 1 saturated carbocycles. The summed E-state index contributed by atoms with van der Waals surface area (Å²) in [6, 6.07) is 10.6. The number of nitrogens with one attached hydrogen (secondary N) is 1. The molecule has 0 spiro atoms. The normalized spacial score (nSPS) is 20.5. The number of amides is 1. The van der Waals surface area contributed by atoms with E-state index in [-0.39, 0.29) is 17.9 Å². The van der Waals surface area contributed by atoms with E-state index in [1.54, 1.807) is 0 Å². The molecular weight excluding hydrogens is 438 g/mol. The highest BCUT2D eigenvalue weighted by Gasteiger charge is 2.39. The summed E-state index contributed by atoms with van der Waals surface area (Å²) in [5.41, 5.74) is 5.02. The van der Waals surface area contributed by atoms with Gasteiger partial charge in [0.2, 0.25) is 11.8 Å². The van der Waals surface area contributed by atoms with E-state index in [2.05, 4.69) is 40.2 Å². The van der Waals surface area contributed by atoms with Crippen LogP contribution in [0.3, 0.4) is 0 Å². The van der Waals surface area contributed by atoms with Gasteiger partial charge in [-0.05, 0) is 83.7 Å². The number of carbonyl (C=O) groups excluding carboxylic acids is 1. The molecule has 4 heterocycles. The first kappa shape index (κ1) is 22.3. The van der Waals surface area contributed by atoms with E-state index in [0.29, 0.717) is 11.9 Å². The summed E-state index contributed by atoms with van der Waals surface area (Å²) in [5, 5.41) is 8.16. The average molecular weight is 472 g/mol. The molecule has 6 rings (SSSR count). The molecule has 1 unspecified atom stereocenters. The van der Waals surface area contributed by atoms with Crippen molar-refractivity contribution in [1.29, 1.82) is 0 Å². The first-order valence-corrected chi connectivity index (χ1v) is 12.9. The number of nitrogens with zero attached hydrogens (tertiary/aromatic N) is 4. The maximum absolute atomic E-state index is 13.2. The molecule has 1 aliphatic carbocycles. The Hall–Kier alpha value is -3.19. The van der Waals surface area contributed by atoms with Crippen LogP contribution in [0.15, 0.2) is 42.7 Å². The SMILES string of the molecule is Cc1cccc(Oc2c(-c3cnn(C4CCNCC4)c3)ccc3c2CCC(C)N3C(=O)C2CC2)n1. The summed E-state index contributed by atoms with van der Waals surface area (Å²) in [6.45, 7) is 6.17. The van der Waals surface area contributed by atoms with Gasteiger partial charge in [-0.1, -0.05) is 6.07 Å². The second kappa shape index (κ2) is 9.11. The third kappa shape index (κ3) is 4.33. The summed E-state index contributed by atoms with van der Waals surface area (Å²) in [7, 11) is 0. The lowest BCUT2D eigenvalue weighted by atomic mass is 9.92. The van der Waals surface area contributed by atoms with Crippen molar-refractivity contribution >= 4 is 11.6 Å². The van der Waals surface area contributed by atoms with Gasteiger partial charge in [-0.3, -0.25) is 9.48 Å². The van der Waals surface area contributed by atoms with Crippen LogP contribution in [-0.2, 0) is 11.2 Å². The Bertz CT molecular complexity index is 1240. The van der Waals surface area contributed by atoms with Gasteiger partial charge in [0.25, 0.3) is 0 Å². The van der Waals surface area contributed by atoms with Crippen molar-refractivity contribution < 1.29 is 9.53 Å². The molecule has 2 fully saturated rings. The Morgan fingerprint density at radius 3 is 2.69 bits per heavy atom. The fraction of sp³-hybridized carbons (Fsp3) is 0.464. The van der Waals surface area contributed by atoms with Gasteiger partial charge in [0.05, 0.1) is 17.9 Å². The molecule has 2 aromatic heterocycles. The zero-order valence-corrected chi connectivity index (χ0v) is 20.5. The number of benzene rings is 1. The smallest absolute Gasteiger partial charge is 0.230 e. The van der Waals surface area contributed by atoms with E-state index in [4.69, 9.17) is 9.84 Å². The lowest BCUT2D eigenvalue weighted by Gasteiger charge is -2.36. The van der Waals surface area contributed by atoms with E-state index < -0.39 is 0 Å². The van der Waals surface area contributed by atoms with Gasteiger partial charge in [0.1, 0.15) is 5.75 Å². The first-order valence-electron chi connectivity index (χ1n) is 12.9. The molecule has 7 heteroatoms. The predicted octanol–water partition coefficient (Wildman–Crippen LogP) is 5.05. The number of fused-ring (bicyclic) bond motifs is 1. The van der Waals surface area contributed by atoms with Gasteiger partial charge in [-0.25, -0.2) is 4.98 Å². The van der Waals surface area contributed by atoms with Crippen LogP contribution in [0.25, 0.3) is 11.1 Å². The second-order valence-electron chi connectivity index (χ2n) is 10.2. The predicted molar refractivity (Wildman–Crippen MR) is 136 cm³/mol. The number of hydrogen-bond acceptors (Lipinski definition) is 5. The summed E-state index contributed by atoms with van der Waals surface area (Å²) in [5.74, 6) is 1.80. The number of carbonyl (C=O) groups is 1. The number of aryl methyl sites for hydroxylation is 1. The summed E-state index contributed by atoms with van der Waals surface area (Å²) in [6.07, 6.45) is 10.0. The van der Waals surface area contributed by atoms with Gasteiger partial charge in [-0.15, -0.1) is 0 Å². The molecule has 0 bridgehead atoms. The molecule has 7 nitrogen and oxygen atoms in total. The van der Waals surface area contributed by atoms with E-state index in [1.165, 1.54) is 0 Å². The minimum atomic E-state index is 0.175. The van der Waals surface area contributed by atoms with Crippen LogP contribution < -0.4 is 15.0 Å². The van der Waals surface area contributed by atoms with Gasteiger partial charge in [-0.2, -0.15) is 5.10 Å². The van der Waals surface area contributed by atoms with Crippen molar-refractivity contribution in [2.75, 3.05) is 18.0 Å². The van der Waals surface area contributed by atoms with Gasteiger partial charge in [0.15, 0.2) is 0 Å². The molecule has 182 valence electrons. The quantitative estimate of drug-likeness (QED) is 0.564. The molecular formula is C28H33N5O2. The van der Waals surface area contributed by atoms with Crippen molar-refractivity contribution in [3.05, 3.63) is 54.0 Å². The van der Waals surface area contributed by atoms with Crippen LogP contribution in [0.1, 0.15) is 56.3 Å². The fourth-order valence-electron chi connectivity index (χ4n) is 5.44. The number of pyridine rings is 1. The van der Waals surface area contributed by atoms with E-state index in [1.807, 2.05) is 36.2 Å². The molecule has 3 aliphatic rings. The zero-order valence-electron chi connectivity index (χ0n) is 20.5. The van der Waals surface area contributed by atoms with Crippen molar-refractivity contribution in [3.63, 3.8) is 0 Å². The Kier molecular flexibility index (Phi) is 5.80. The Morgan fingerprint density at radius 2 is 1.91 bits per heavy atom. The van der Waals surface area contributed by atoms with Crippen molar-refractivity contribution in [3.8, 4) is 22.8 Å². The monoisotopic (exact) mass is 471 g/mol. The number of aromatic nitrogens is 3. The lowest BCUT2D eigenvalue weighted by molar-refractivity contribution is -0.120. The summed E-state index contributed by atoms with van der Waals surface area (Å²) >= 11 is 0. The topological polar surface area (TPSA) is 72.3 Å². The maximum atomic E-state index is 13.2. The fourth-order valence-corrected chi connectivity index (χ4v) is 5.44. The number of piperidine rings is 1. The highest BCUT2D eigenvalue weighted by Crippen LogP contribution is 2.46. The van der Waals surface area contributed by atoms with Crippen molar-refractivity contribution in [1.82, 2.24) is 20.1 Å². The van der Waals surface area contributed by atoms with Crippen LogP contribution in [0.4, 0.5) is 5.69 Å². The van der Waals surface area contributed by atoms with Crippen LogP contribution in [-0.4, -0.2) is 39.8 Å². The summed E-state index contributed by atoms with van der Waals surface area (Å²) < 4.78 is 8.65. The van der Waals surface area contributed by atoms with Crippen molar-refractivity contribution in [2.24, 2.45) is 5.92 Å². The Balaban J connectivity index is 1.44. The zero-order chi connectivity index (χ0) is 23.9. The van der Waals surface area contributed by atoms with Gasteiger partial charge < -0.3 is 15.0 Å². The molecule has 2 aliphatic heterocycles. The highest BCUT2D eigenvalue weighted by atomic mass is 16.5. The molecule has 1 saturated heterocycles. The molecule has 1 atom stereocenters. The van der Waals surface area contributed by atoms with Crippen LogP contribution in [0.5, 0.6) is 11.6 Å². The average Bonchev–Trinajstić information content (AvgIpc) is 3.61. The van der Waals surface area contributed by atoms with Gasteiger partial charge >= 0.3 is 0 Å². The van der Waals surface area contributed by atoms with Crippen molar-refractivity contribution in [2.45, 2.75) is 64.5 Å². The minimum Gasteiger partial charge on any atom is -0.438 e. The van der Waals surface area contributed by atoms with E-state index in [9.17, 15) is 4.79 Å². The molecule has 3 aromatic rings. The summed E-state index contributed by atoms with van der Waals surface area (Å²) in [4.78, 5) is 19.9. The number of hydrogen-bond donors (Lipinski definition) is 1. The molecule has 35 heavy (non-hydrogen) atoms. The molecule has 1 amide bonds. The third-order valence-electron chi connectivity index (χ3n) is 7.58. The molecule has 1 N–H and O–H groups in total. The second-order valence-corrected chi connectivity index (χ2v) is 10.2. The van der Waals surface area contributed by atoms with Gasteiger partial charge in [0, 0.05) is 46.6 Å². The largest absolute Gasteiger partial charge is 0.438 e. The van der Waals surface area contributed by atoms with E-state index in [0.717, 1.165) is 85.4 Å². The maximum Gasteiger partial charge on any atom is 0.230 e. The molecule has 0 radical (unpaired) electrons. The molecule has 1 aromatic carbocycles. The Labute approximate surface area is 206 Å². The lowest BCUT2D eigenvalue weighted by Crippen LogP contribution is -2.43. The Morgan fingerprint density at radius 1 is 1.09 bits per heavy atom. The van der Waals surface area contributed by atoms with E-state index >= 15 is 0 Å². The number of anilines is 1. The first-order chi connectivity index (χ1) is 17.1.